The lowest BCUT2D eigenvalue weighted by atomic mass is 10.4. The summed E-state index contributed by atoms with van der Waals surface area (Å²) >= 11 is 0. The number of amidine groups is 1. The SMILES string of the molecule is COCCOCCC(N)=NC1CC1. The average Bonchev–Trinajstić information content (AvgIpc) is 2.88. The Kier molecular flexibility index (Phi) is 4.78. The monoisotopic (exact) mass is 186 g/mol. The summed E-state index contributed by atoms with van der Waals surface area (Å²) in [7, 11) is 1.66. The molecule has 0 saturated heterocycles. The molecular formula is C9H18N2O2. The number of rotatable bonds is 7. The maximum Gasteiger partial charge on any atom is 0.0963 e. The number of aliphatic imine (C=N–C) groups is 1. The summed E-state index contributed by atoms with van der Waals surface area (Å²) in [6.45, 7) is 1.91. The predicted molar refractivity (Wildman–Crippen MR) is 52.0 cm³/mol. The van der Waals surface area contributed by atoms with Crippen molar-refractivity contribution >= 4 is 5.84 Å². The van der Waals surface area contributed by atoms with E-state index >= 15 is 0 Å². The van der Waals surface area contributed by atoms with E-state index in [1.165, 1.54) is 12.8 Å². The molecule has 0 aromatic rings. The van der Waals surface area contributed by atoms with Gasteiger partial charge in [0.25, 0.3) is 0 Å². The van der Waals surface area contributed by atoms with E-state index in [4.69, 9.17) is 15.2 Å². The first-order chi connectivity index (χ1) is 6.33. The van der Waals surface area contributed by atoms with Crippen LogP contribution in [0, 0.1) is 0 Å². The molecule has 1 aliphatic rings. The van der Waals surface area contributed by atoms with Crippen LogP contribution in [0.3, 0.4) is 0 Å². The quantitative estimate of drug-likeness (QED) is 0.359. The Balaban J connectivity index is 1.91. The van der Waals surface area contributed by atoms with Crippen LogP contribution in [-0.4, -0.2) is 38.8 Å². The summed E-state index contributed by atoms with van der Waals surface area (Å²) in [5, 5.41) is 0. The van der Waals surface area contributed by atoms with Gasteiger partial charge in [0, 0.05) is 13.5 Å². The maximum atomic E-state index is 5.67. The Hall–Kier alpha value is -0.610. The molecule has 13 heavy (non-hydrogen) atoms. The van der Waals surface area contributed by atoms with Crippen molar-refractivity contribution in [2.75, 3.05) is 26.9 Å². The first kappa shape index (κ1) is 10.5. The van der Waals surface area contributed by atoms with Crippen molar-refractivity contribution in [3.8, 4) is 0 Å². The number of nitrogens with zero attached hydrogens (tertiary/aromatic N) is 1. The normalized spacial score (nSPS) is 17.8. The van der Waals surface area contributed by atoms with E-state index in [9.17, 15) is 0 Å². The van der Waals surface area contributed by atoms with Crippen LogP contribution in [-0.2, 0) is 9.47 Å². The van der Waals surface area contributed by atoms with Crippen molar-refractivity contribution in [2.24, 2.45) is 10.7 Å². The van der Waals surface area contributed by atoms with Crippen LogP contribution in [0.4, 0.5) is 0 Å². The highest BCUT2D eigenvalue weighted by molar-refractivity contribution is 5.80. The molecule has 0 heterocycles. The first-order valence-electron chi connectivity index (χ1n) is 4.71. The topological polar surface area (TPSA) is 56.8 Å². The molecule has 0 spiro atoms. The molecule has 0 aromatic carbocycles. The van der Waals surface area contributed by atoms with Crippen LogP contribution in [0.15, 0.2) is 4.99 Å². The zero-order chi connectivity index (χ0) is 9.52. The summed E-state index contributed by atoms with van der Waals surface area (Å²) < 4.78 is 10.1. The van der Waals surface area contributed by atoms with Gasteiger partial charge < -0.3 is 15.2 Å². The van der Waals surface area contributed by atoms with Gasteiger partial charge in [-0.25, -0.2) is 0 Å². The second kappa shape index (κ2) is 5.94. The molecule has 1 aliphatic carbocycles. The summed E-state index contributed by atoms with van der Waals surface area (Å²) in [5.74, 6) is 0.722. The van der Waals surface area contributed by atoms with Crippen LogP contribution in [0.5, 0.6) is 0 Å². The minimum atomic E-state index is 0.513. The highest BCUT2D eigenvalue weighted by atomic mass is 16.5. The molecule has 76 valence electrons. The van der Waals surface area contributed by atoms with Gasteiger partial charge in [-0.05, 0) is 12.8 Å². The van der Waals surface area contributed by atoms with Gasteiger partial charge in [-0.2, -0.15) is 0 Å². The zero-order valence-corrected chi connectivity index (χ0v) is 8.16. The van der Waals surface area contributed by atoms with Crippen molar-refractivity contribution in [2.45, 2.75) is 25.3 Å². The second-order valence-electron chi connectivity index (χ2n) is 3.21. The zero-order valence-electron chi connectivity index (χ0n) is 8.16. The van der Waals surface area contributed by atoms with Gasteiger partial charge >= 0.3 is 0 Å². The summed E-state index contributed by atoms with van der Waals surface area (Å²) in [5.41, 5.74) is 5.67. The Labute approximate surface area is 79.1 Å². The van der Waals surface area contributed by atoms with E-state index in [1.807, 2.05) is 0 Å². The maximum absolute atomic E-state index is 5.67. The molecule has 0 atom stereocenters. The molecule has 1 fully saturated rings. The van der Waals surface area contributed by atoms with Gasteiger partial charge in [0.2, 0.25) is 0 Å². The molecule has 2 N–H and O–H groups in total. The van der Waals surface area contributed by atoms with E-state index in [2.05, 4.69) is 4.99 Å². The molecule has 0 unspecified atom stereocenters. The first-order valence-corrected chi connectivity index (χ1v) is 4.71. The van der Waals surface area contributed by atoms with Crippen LogP contribution in [0.1, 0.15) is 19.3 Å². The Morgan fingerprint density at radius 3 is 2.77 bits per heavy atom. The molecule has 0 aromatic heterocycles. The fourth-order valence-electron chi connectivity index (χ4n) is 0.924. The number of hydrogen-bond donors (Lipinski definition) is 1. The third-order valence-corrected chi connectivity index (χ3v) is 1.83. The molecule has 0 bridgehead atoms. The molecular weight excluding hydrogens is 168 g/mol. The van der Waals surface area contributed by atoms with Crippen molar-refractivity contribution < 1.29 is 9.47 Å². The Morgan fingerprint density at radius 2 is 2.15 bits per heavy atom. The second-order valence-corrected chi connectivity index (χ2v) is 3.21. The van der Waals surface area contributed by atoms with Crippen LogP contribution in [0.25, 0.3) is 0 Å². The van der Waals surface area contributed by atoms with Crippen molar-refractivity contribution in [1.29, 1.82) is 0 Å². The van der Waals surface area contributed by atoms with E-state index < -0.39 is 0 Å². The minimum Gasteiger partial charge on any atom is -0.387 e. The van der Waals surface area contributed by atoms with Crippen molar-refractivity contribution in [1.82, 2.24) is 0 Å². The van der Waals surface area contributed by atoms with E-state index in [1.54, 1.807) is 7.11 Å². The minimum absolute atomic E-state index is 0.513. The van der Waals surface area contributed by atoms with Gasteiger partial charge in [-0.3, -0.25) is 4.99 Å². The lowest BCUT2D eigenvalue weighted by Crippen LogP contribution is -2.16. The third-order valence-electron chi connectivity index (χ3n) is 1.83. The van der Waals surface area contributed by atoms with Crippen LogP contribution < -0.4 is 5.73 Å². The van der Waals surface area contributed by atoms with Crippen LogP contribution >= 0.6 is 0 Å². The molecule has 0 aliphatic heterocycles. The molecule has 1 rings (SSSR count). The average molecular weight is 186 g/mol. The number of nitrogens with two attached hydrogens (primary N) is 1. The van der Waals surface area contributed by atoms with E-state index in [-0.39, 0.29) is 0 Å². The molecule has 0 amide bonds. The standard InChI is InChI=1S/C9H18N2O2/c1-12-6-7-13-5-4-9(10)11-8-2-3-8/h8H,2-7H2,1H3,(H2,10,11). The van der Waals surface area contributed by atoms with Gasteiger partial charge in [-0.1, -0.05) is 0 Å². The molecule has 0 radical (unpaired) electrons. The predicted octanol–water partition coefficient (Wildman–Crippen LogP) is 0.559. The Morgan fingerprint density at radius 1 is 1.38 bits per heavy atom. The highest BCUT2D eigenvalue weighted by Gasteiger charge is 2.20. The molecule has 4 nitrogen and oxygen atoms in total. The van der Waals surface area contributed by atoms with E-state index in [0.717, 1.165) is 12.3 Å². The summed E-state index contributed by atoms with van der Waals surface area (Å²) in [6.07, 6.45) is 3.14. The van der Waals surface area contributed by atoms with Gasteiger partial charge in [0.05, 0.1) is 31.7 Å². The van der Waals surface area contributed by atoms with Crippen molar-refractivity contribution in [3.05, 3.63) is 0 Å². The van der Waals surface area contributed by atoms with Gasteiger partial charge in [0.15, 0.2) is 0 Å². The lowest BCUT2D eigenvalue weighted by Gasteiger charge is -2.02. The third kappa shape index (κ3) is 5.60. The lowest BCUT2D eigenvalue weighted by molar-refractivity contribution is 0.0742. The number of ether oxygens (including phenoxy) is 2. The van der Waals surface area contributed by atoms with Gasteiger partial charge in [-0.15, -0.1) is 0 Å². The molecule has 1 saturated carbocycles. The Bertz CT molecular complexity index is 167. The van der Waals surface area contributed by atoms with E-state index in [0.29, 0.717) is 25.9 Å². The number of methoxy groups -OCH3 is 1. The summed E-state index contributed by atoms with van der Waals surface area (Å²) in [6, 6.07) is 0.513. The summed E-state index contributed by atoms with van der Waals surface area (Å²) in [4.78, 5) is 4.29. The van der Waals surface area contributed by atoms with Crippen molar-refractivity contribution in [3.63, 3.8) is 0 Å². The largest absolute Gasteiger partial charge is 0.387 e. The number of hydrogen-bond acceptors (Lipinski definition) is 3. The molecule has 4 heteroatoms. The fraction of sp³-hybridized carbons (Fsp3) is 0.889. The van der Waals surface area contributed by atoms with Crippen LogP contribution in [0.2, 0.25) is 0 Å². The van der Waals surface area contributed by atoms with Gasteiger partial charge in [0.1, 0.15) is 0 Å². The smallest absolute Gasteiger partial charge is 0.0963 e. The highest BCUT2D eigenvalue weighted by Crippen LogP contribution is 2.23. The fourth-order valence-corrected chi connectivity index (χ4v) is 0.924.